The van der Waals surface area contributed by atoms with Gasteiger partial charge in [0.15, 0.2) is 12.1 Å². The molecular weight excluding hydrogens is 288 g/mol. The standard InChI is InChI=1S/C16H22O6/c1-15(2)20-12-13(19-8-11-6-4-3-5-7-11)16(9-17,10-18)22-14(12)21-15/h3-7,12-14,17-18H,8-10H2,1-2H3/t12?,13-,14?/m1/s1. The van der Waals surface area contributed by atoms with E-state index >= 15 is 0 Å². The number of aliphatic hydroxyl groups excluding tert-OH is 2. The lowest BCUT2D eigenvalue weighted by Gasteiger charge is -2.33. The van der Waals surface area contributed by atoms with Crippen LogP contribution in [0, 0.1) is 0 Å². The minimum absolute atomic E-state index is 0.337. The first-order valence-electron chi connectivity index (χ1n) is 7.40. The molecule has 1 aromatic rings. The average Bonchev–Trinajstić information content (AvgIpc) is 2.95. The molecule has 2 aliphatic heterocycles. The molecule has 1 aromatic carbocycles. The van der Waals surface area contributed by atoms with E-state index in [0.29, 0.717) is 6.61 Å². The zero-order chi connectivity index (χ0) is 15.8. The van der Waals surface area contributed by atoms with Crippen molar-refractivity contribution in [3.8, 4) is 0 Å². The van der Waals surface area contributed by atoms with E-state index in [9.17, 15) is 10.2 Å². The number of aliphatic hydroxyl groups is 2. The number of rotatable bonds is 5. The molecule has 0 radical (unpaired) electrons. The van der Waals surface area contributed by atoms with Gasteiger partial charge < -0.3 is 29.2 Å². The van der Waals surface area contributed by atoms with Crippen molar-refractivity contribution in [1.82, 2.24) is 0 Å². The molecule has 6 heteroatoms. The second-order valence-electron chi connectivity index (χ2n) is 6.18. The third-order valence-corrected chi connectivity index (χ3v) is 4.06. The third-order valence-electron chi connectivity index (χ3n) is 4.06. The maximum Gasteiger partial charge on any atom is 0.190 e. The van der Waals surface area contributed by atoms with E-state index in [-0.39, 0.29) is 13.2 Å². The molecule has 0 aromatic heterocycles. The Bertz CT molecular complexity index is 499. The van der Waals surface area contributed by atoms with Crippen LogP contribution in [0.2, 0.25) is 0 Å². The fourth-order valence-electron chi connectivity index (χ4n) is 2.96. The predicted molar refractivity (Wildman–Crippen MR) is 76.8 cm³/mol. The highest BCUT2D eigenvalue weighted by Gasteiger charge is 2.62. The van der Waals surface area contributed by atoms with Crippen LogP contribution in [0.15, 0.2) is 30.3 Å². The topological polar surface area (TPSA) is 77.4 Å². The van der Waals surface area contributed by atoms with Crippen molar-refractivity contribution >= 4 is 0 Å². The summed E-state index contributed by atoms with van der Waals surface area (Å²) in [5, 5.41) is 19.4. The maximum atomic E-state index is 9.69. The summed E-state index contributed by atoms with van der Waals surface area (Å²) in [6.07, 6.45) is -1.76. The molecule has 3 atom stereocenters. The molecular formula is C16H22O6. The summed E-state index contributed by atoms with van der Waals surface area (Å²) in [7, 11) is 0. The summed E-state index contributed by atoms with van der Waals surface area (Å²) in [6, 6.07) is 9.68. The predicted octanol–water partition coefficient (Wildman–Crippen LogP) is 0.803. The quantitative estimate of drug-likeness (QED) is 0.838. The molecule has 2 fully saturated rings. The van der Waals surface area contributed by atoms with Crippen molar-refractivity contribution in [3.05, 3.63) is 35.9 Å². The molecule has 3 rings (SSSR count). The second kappa shape index (κ2) is 5.88. The SMILES string of the molecule is CC1(C)OC2OC(CO)(CO)[C@H](OCc3ccccc3)C2O1. The van der Waals surface area contributed by atoms with Gasteiger partial charge in [0.05, 0.1) is 19.8 Å². The third kappa shape index (κ3) is 2.78. The van der Waals surface area contributed by atoms with E-state index in [0.717, 1.165) is 5.56 Å². The first-order chi connectivity index (χ1) is 10.5. The van der Waals surface area contributed by atoms with Gasteiger partial charge in [0.25, 0.3) is 0 Å². The van der Waals surface area contributed by atoms with Crippen molar-refractivity contribution in [3.63, 3.8) is 0 Å². The van der Waals surface area contributed by atoms with Crippen molar-refractivity contribution in [2.45, 2.75) is 50.3 Å². The normalized spacial score (nSPS) is 32.1. The molecule has 6 nitrogen and oxygen atoms in total. The fourth-order valence-corrected chi connectivity index (χ4v) is 2.96. The van der Waals surface area contributed by atoms with Gasteiger partial charge in [-0.2, -0.15) is 0 Å². The first-order valence-corrected chi connectivity index (χ1v) is 7.40. The number of benzene rings is 1. The van der Waals surface area contributed by atoms with Gasteiger partial charge in [-0.3, -0.25) is 0 Å². The van der Waals surface area contributed by atoms with Gasteiger partial charge in [-0.25, -0.2) is 0 Å². The van der Waals surface area contributed by atoms with Crippen LogP contribution in [-0.2, 0) is 25.6 Å². The monoisotopic (exact) mass is 310 g/mol. The molecule has 2 aliphatic rings. The van der Waals surface area contributed by atoms with Crippen LogP contribution in [-0.4, -0.2) is 53.3 Å². The minimum atomic E-state index is -1.22. The van der Waals surface area contributed by atoms with E-state index in [1.807, 2.05) is 30.3 Å². The Morgan fingerprint density at radius 3 is 2.36 bits per heavy atom. The van der Waals surface area contributed by atoms with Gasteiger partial charge in [0, 0.05) is 0 Å². The van der Waals surface area contributed by atoms with Crippen LogP contribution in [0.3, 0.4) is 0 Å². The van der Waals surface area contributed by atoms with Crippen LogP contribution in [0.25, 0.3) is 0 Å². The van der Waals surface area contributed by atoms with Gasteiger partial charge in [-0.1, -0.05) is 30.3 Å². The van der Waals surface area contributed by atoms with Gasteiger partial charge in [-0.15, -0.1) is 0 Å². The Morgan fingerprint density at radius 1 is 1.05 bits per heavy atom. The molecule has 22 heavy (non-hydrogen) atoms. The molecule has 0 saturated carbocycles. The second-order valence-corrected chi connectivity index (χ2v) is 6.18. The van der Waals surface area contributed by atoms with Crippen LogP contribution >= 0.6 is 0 Å². The number of ether oxygens (including phenoxy) is 4. The summed E-state index contributed by atoms with van der Waals surface area (Å²) < 4.78 is 23.2. The summed E-state index contributed by atoms with van der Waals surface area (Å²) in [4.78, 5) is 0. The lowest BCUT2D eigenvalue weighted by atomic mass is 9.97. The molecule has 0 amide bonds. The van der Waals surface area contributed by atoms with Gasteiger partial charge in [0.1, 0.15) is 17.8 Å². The van der Waals surface area contributed by atoms with Gasteiger partial charge in [-0.05, 0) is 19.4 Å². The summed E-state index contributed by atoms with van der Waals surface area (Å²) >= 11 is 0. The van der Waals surface area contributed by atoms with E-state index in [2.05, 4.69) is 0 Å². The summed E-state index contributed by atoms with van der Waals surface area (Å²) in [5.41, 5.74) is -0.227. The Balaban J connectivity index is 1.77. The van der Waals surface area contributed by atoms with Crippen molar-refractivity contribution in [2.75, 3.05) is 13.2 Å². The molecule has 2 saturated heterocycles. The first kappa shape index (κ1) is 15.9. The Morgan fingerprint density at radius 2 is 1.73 bits per heavy atom. The fraction of sp³-hybridized carbons (Fsp3) is 0.625. The summed E-state index contributed by atoms with van der Waals surface area (Å²) in [6.45, 7) is 3.18. The van der Waals surface area contributed by atoms with Crippen molar-refractivity contribution in [2.24, 2.45) is 0 Å². The average molecular weight is 310 g/mol. The highest BCUT2D eigenvalue weighted by molar-refractivity contribution is 5.14. The molecule has 0 bridgehead atoms. The largest absolute Gasteiger partial charge is 0.393 e. The Hall–Kier alpha value is -1.02. The van der Waals surface area contributed by atoms with Crippen LogP contribution < -0.4 is 0 Å². The molecule has 2 unspecified atom stereocenters. The Kier molecular flexibility index (Phi) is 4.24. The van der Waals surface area contributed by atoms with E-state index in [1.54, 1.807) is 13.8 Å². The number of fused-ring (bicyclic) bond motifs is 1. The van der Waals surface area contributed by atoms with Crippen molar-refractivity contribution < 1.29 is 29.2 Å². The van der Waals surface area contributed by atoms with Crippen LogP contribution in [0.5, 0.6) is 0 Å². The highest BCUT2D eigenvalue weighted by Crippen LogP contribution is 2.43. The molecule has 0 spiro atoms. The van der Waals surface area contributed by atoms with Crippen molar-refractivity contribution in [1.29, 1.82) is 0 Å². The molecule has 2 heterocycles. The van der Waals surface area contributed by atoms with E-state index < -0.39 is 29.9 Å². The van der Waals surface area contributed by atoms with Crippen LogP contribution in [0.4, 0.5) is 0 Å². The Labute approximate surface area is 129 Å². The smallest absolute Gasteiger partial charge is 0.190 e. The highest BCUT2D eigenvalue weighted by atomic mass is 16.8. The van der Waals surface area contributed by atoms with E-state index in [4.69, 9.17) is 18.9 Å². The number of hydrogen-bond donors (Lipinski definition) is 2. The minimum Gasteiger partial charge on any atom is -0.393 e. The zero-order valence-electron chi connectivity index (χ0n) is 12.8. The molecule has 2 N–H and O–H groups in total. The van der Waals surface area contributed by atoms with Crippen LogP contribution in [0.1, 0.15) is 19.4 Å². The van der Waals surface area contributed by atoms with Gasteiger partial charge >= 0.3 is 0 Å². The zero-order valence-corrected chi connectivity index (χ0v) is 12.8. The number of hydrogen-bond acceptors (Lipinski definition) is 6. The van der Waals surface area contributed by atoms with Gasteiger partial charge in [0.2, 0.25) is 0 Å². The van der Waals surface area contributed by atoms with E-state index in [1.165, 1.54) is 0 Å². The molecule has 122 valence electrons. The lowest BCUT2D eigenvalue weighted by Crippen LogP contribution is -2.52. The maximum absolute atomic E-state index is 9.69. The lowest BCUT2D eigenvalue weighted by molar-refractivity contribution is -0.258. The molecule has 0 aliphatic carbocycles. The summed E-state index contributed by atoms with van der Waals surface area (Å²) in [5.74, 6) is -0.777.